The van der Waals surface area contributed by atoms with Crippen molar-refractivity contribution >= 4 is 17.5 Å². The SMILES string of the molecule is COC(=O)C1=CCOC2=C1C(=O)c1ccccc1C2=O. The molecule has 0 unspecified atom stereocenters. The van der Waals surface area contributed by atoms with Crippen LogP contribution in [0.2, 0.25) is 0 Å². The Kier molecular flexibility index (Phi) is 2.75. The van der Waals surface area contributed by atoms with Crippen molar-refractivity contribution in [3.63, 3.8) is 0 Å². The van der Waals surface area contributed by atoms with Gasteiger partial charge in [0.25, 0.3) is 0 Å². The highest BCUT2D eigenvalue weighted by Crippen LogP contribution is 2.33. The molecule has 1 aromatic rings. The van der Waals surface area contributed by atoms with Gasteiger partial charge in [0.05, 0.1) is 18.3 Å². The molecule has 0 fully saturated rings. The molecule has 1 aromatic carbocycles. The minimum absolute atomic E-state index is 0.00759. The summed E-state index contributed by atoms with van der Waals surface area (Å²) >= 11 is 0. The van der Waals surface area contributed by atoms with Crippen LogP contribution < -0.4 is 0 Å². The quantitative estimate of drug-likeness (QED) is 0.722. The fourth-order valence-corrected chi connectivity index (χ4v) is 2.34. The number of ether oxygens (including phenoxy) is 2. The van der Waals surface area contributed by atoms with Crippen molar-refractivity contribution in [3.8, 4) is 0 Å². The van der Waals surface area contributed by atoms with Gasteiger partial charge in [0.1, 0.15) is 6.61 Å². The second-order valence-electron chi connectivity index (χ2n) is 4.33. The van der Waals surface area contributed by atoms with Crippen LogP contribution in [-0.2, 0) is 14.3 Å². The van der Waals surface area contributed by atoms with E-state index in [2.05, 4.69) is 4.74 Å². The zero-order valence-corrected chi connectivity index (χ0v) is 10.6. The molecule has 0 amide bonds. The van der Waals surface area contributed by atoms with E-state index < -0.39 is 11.8 Å². The van der Waals surface area contributed by atoms with Crippen LogP contribution >= 0.6 is 0 Å². The number of hydrogen-bond donors (Lipinski definition) is 0. The van der Waals surface area contributed by atoms with E-state index in [1.165, 1.54) is 13.2 Å². The number of methoxy groups -OCH3 is 1. The lowest BCUT2D eigenvalue weighted by atomic mass is 9.84. The summed E-state index contributed by atoms with van der Waals surface area (Å²) in [5, 5.41) is 0. The lowest BCUT2D eigenvalue weighted by molar-refractivity contribution is -0.135. The fourth-order valence-electron chi connectivity index (χ4n) is 2.34. The Morgan fingerprint density at radius 1 is 1.15 bits per heavy atom. The summed E-state index contributed by atoms with van der Waals surface area (Å²) < 4.78 is 9.92. The number of rotatable bonds is 1. The number of carbonyl (C=O) groups excluding carboxylic acids is 3. The maximum Gasteiger partial charge on any atom is 0.338 e. The Hall–Kier alpha value is -2.69. The molecule has 0 N–H and O–H groups in total. The molecule has 1 aliphatic carbocycles. The van der Waals surface area contributed by atoms with Gasteiger partial charge in [-0.3, -0.25) is 9.59 Å². The maximum atomic E-state index is 12.5. The van der Waals surface area contributed by atoms with Crippen LogP contribution in [0.4, 0.5) is 0 Å². The first-order valence-electron chi connectivity index (χ1n) is 5.99. The average molecular weight is 270 g/mol. The molecule has 5 heteroatoms. The summed E-state index contributed by atoms with van der Waals surface area (Å²) in [6.07, 6.45) is 1.45. The van der Waals surface area contributed by atoms with Gasteiger partial charge in [-0.2, -0.15) is 0 Å². The summed E-state index contributed by atoms with van der Waals surface area (Å²) in [6, 6.07) is 6.47. The molecule has 0 radical (unpaired) electrons. The Morgan fingerprint density at radius 2 is 1.80 bits per heavy atom. The molecule has 2 aliphatic rings. The molecule has 0 spiro atoms. The molecule has 0 atom stereocenters. The zero-order valence-electron chi connectivity index (χ0n) is 10.6. The molecule has 100 valence electrons. The van der Waals surface area contributed by atoms with E-state index >= 15 is 0 Å². The minimum atomic E-state index is -0.652. The normalized spacial score (nSPS) is 16.9. The summed E-state index contributed by atoms with van der Waals surface area (Å²) in [5.74, 6) is -1.51. The van der Waals surface area contributed by atoms with E-state index in [1.54, 1.807) is 24.3 Å². The van der Waals surface area contributed by atoms with Gasteiger partial charge in [0.15, 0.2) is 11.5 Å². The number of ketones is 2. The van der Waals surface area contributed by atoms with Crippen molar-refractivity contribution < 1.29 is 23.9 Å². The number of fused-ring (bicyclic) bond motifs is 1. The lowest BCUT2D eigenvalue weighted by Gasteiger charge is -2.24. The van der Waals surface area contributed by atoms with Gasteiger partial charge in [-0.15, -0.1) is 0 Å². The molecule has 0 saturated heterocycles. The molecule has 20 heavy (non-hydrogen) atoms. The minimum Gasteiger partial charge on any atom is -0.485 e. The largest absolute Gasteiger partial charge is 0.485 e. The first kappa shape index (κ1) is 12.3. The molecule has 1 heterocycles. The molecule has 0 bridgehead atoms. The molecule has 0 saturated carbocycles. The van der Waals surface area contributed by atoms with Crippen molar-refractivity contribution in [1.82, 2.24) is 0 Å². The highest BCUT2D eigenvalue weighted by molar-refractivity contribution is 6.30. The van der Waals surface area contributed by atoms with Gasteiger partial charge in [0, 0.05) is 11.1 Å². The highest BCUT2D eigenvalue weighted by atomic mass is 16.5. The Balaban J connectivity index is 2.21. The Labute approximate surface area is 114 Å². The first-order valence-corrected chi connectivity index (χ1v) is 5.99. The third-order valence-corrected chi connectivity index (χ3v) is 3.27. The van der Waals surface area contributed by atoms with Gasteiger partial charge in [-0.25, -0.2) is 4.79 Å². The van der Waals surface area contributed by atoms with Crippen molar-refractivity contribution in [2.45, 2.75) is 0 Å². The third-order valence-electron chi connectivity index (χ3n) is 3.27. The van der Waals surface area contributed by atoms with Crippen LogP contribution in [0.5, 0.6) is 0 Å². The van der Waals surface area contributed by atoms with Gasteiger partial charge < -0.3 is 9.47 Å². The second kappa shape index (κ2) is 4.45. The van der Waals surface area contributed by atoms with Crippen LogP contribution in [0.25, 0.3) is 0 Å². The van der Waals surface area contributed by atoms with E-state index in [4.69, 9.17) is 4.74 Å². The van der Waals surface area contributed by atoms with Gasteiger partial charge >= 0.3 is 5.97 Å². The van der Waals surface area contributed by atoms with Crippen LogP contribution in [0.15, 0.2) is 47.2 Å². The van der Waals surface area contributed by atoms with E-state index in [0.29, 0.717) is 5.56 Å². The summed E-state index contributed by atoms with van der Waals surface area (Å²) in [5.41, 5.74) is 0.646. The Bertz CT molecular complexity index is 709. The van der Waals surface area contributed by atoms with Crippen LogP contribution in [-0.4, -0.2) is 31.3 Å². The third kappa shape index (κ3) is 1.60. The van der Waals surface area contributed by atoms with Crippen molar-refractivity contribution in [1.29, 1.82) is 0 Å². The number of Topliss-reactive ketones (excluding diaryl/α,β-unsaturated/α-hetero) is 2. The molecular weight excluding hydrogens is 260 g/mol. The van der Waals surface area contributed by atoms with Gasteiger partial charge in [-0.1, -0.05) is 24.3 Å². The molecule has 5 nitrogen and oxygen atoms in total. The average Bonchev–Trinajstić information content (AvgIpc) is 2.51. The number of carbonyl (C=O) groups is 3. The monoisotopic (exact) mass is 270 g/mol. The zero-order chi connectivity index (χ0) is 14.3. The fraction of sp³-hybridized carbons (Fsp3) is 0.133. The van der Waals surface area contributed by atoms with Crippen LogP contribution in [0.1, 0.15) is 20.7 Å². The predicted octanol–water partition coefficient (Wildman–Crippen LogP) is 1.45. The highest BCUT2D eigenvalue weighted by Gasteiger charge is 2.38. The van der Waals surface area contributed by atoms with Crippen molar-refractivity contribution in [2.75, 3.05) is 13.7 Å². The summed E-state index contributed by atoms with van der Waals surface area (Å²) in [6.45, 7) is 0.0600. The standard InChI is InChI=1S/C15H10O5/c1-19-15(18)10-6-7-20-14-11(10)12(16)8-4-2-3-5-9(8)13(14)17/h2-6H,7H2,1H3. The lowest BCUT2D eigenvalue weighted by Crippen LogP contribution is -2.29. The second-order valence-corrected chi connectivity index (χ2v) is 4.33. The van der Waals surface area contributed by atoms with Crippen molar-refractivity contribution in [2.24, 2.45) is 0 Å². The maximum absolute atomic E-state index is 12.5. The predicted molar refractivity (Wildman–Crippen MR) is 68.2 cm³/mol. The van der Waals surface area contributed by atoms with Gasteiger partial charge in [0.2, 0.25) is 5.78 Å². The number of hydrogen-bond acceptors (Lipinski definition) is 5. The molecular formula is C15H10O5. The van der Waals surface area contributed by atoms with Gasteiger partial charge in [-0.05, 0) is 6.08 Å². The topological polar surface area (TPSA) is 69.7 Å². The Morgan fingerprint density at radius 3 is 2.45 bits per heavy atom. The first-order chi connectivity index (χ1) is 9.65. The van der Waals surface area contributed by atoms with E-state index in [-0.39, 0.29) is 34.9 Å². The molecule has 1 aliphatic heterocycles. The van der Waals surface area contributed by atoms with Crippen molar-refractivity contribution in [3.05, 3.63) is 58.4 Å². The number of allylic oxidation sites excluding steroid dienone is 1. The molecule has 3 rings (SSSR count). The smallest absolute Gasteiger partial charge is 0.338 e. The molecule has 0 aromatic heterocycles. The van der Waals surface area contributed by atoms with Crippen LogP contribution in [0.3, 0.4) is 0 Å². The van der Waals surface area contributed by atoms with Crippen LogP contribution in [0, 0.1) is 0 Å². The van der Waals surface area contributed by atoms with E-state index in [9.17, 15) is 14.4 Å². The van der Waals surface area contributed by atoms with E-state index in [0.717, 1.165) is 0 Å². The summed E-state index contributed by atoms with van der Waals surface area (Å²) in [7, 11) is 1.22. The number of benzene rings is 1. The summed E-state index contributed by atoms with van der Waals surface area (Å²) in [4.78, 5) is 36.6. The van der Waals surface area contributed by atoms with E-state index in [1.807, 2.05) is 0 Å². The number of esters is 1.